The zero-order valence-corrected chi connectivity index (χ0v) is 19.9. The van der Waals surface area contributed by atoms with Crippen molar-refractivity contribution >= 4 is 49.2 Å². The maximum Gasteiger partial charge on any atom is 0.306 e. The van der Waals surface area contributed by atoms with Gasteiger partial charge in [0.25, 0.3) is 11.1 Å². The fourth-order valence-electron chi connectivity index (χ4n) is 2.72. The van der Waals surface area contributed by atoms with E-state index in [0.717, 1.165) is 24.3 Å². The van der Waals surface area contributed by atoms with Crippen molar-refractivity contribution < 1.29 is 39.5 Å². The first-order chi connectivity index (χ1) is 15.4. The van der Waals surface area contributed by atoms with E-state index in [-0.39, 0.29) is 24.5 Å². The summed E-state index contributed by atoms with van der Waals surface area (Å²) in [6.45, 7) is 0.166. The number of thioether (sulfide) groups is 1. The molecule has 1 N–H and O–H groups in total. The highest BCUT2D eigenvalue weighted by Crippen LogP contribution is 2.28. The predicted molar refractivity (Wildman–Crippen MR) is 122 cm³/mol. The lowest BCUT2D eigenvalue weighted by molar-refractivity contribution is -0.115. The molecule has 1 saturated heterocycles. The van der Waals surface area contributed by atoms with E-state index in [1.54, 1.807) is 30.3 Å². The third-order valence-corrected chi connectivity index (χ3v) is 5.78. The lowest BCUT2D eigenvalue weighted by Gasteiger charge is -2.12. The van der Waals surface area contributed by atoms with Gasteiger partial charge in [-0.05, 0) is 47.2 Å². The highest BCUT2D eigenvalue weighted by atomic mass is 32.2. The van der Waals surface area contributed by atoms with Crippen LogP contribution in [-0.2, 0) is 31.5 Å². The first-order valence-corrected chi connectivity index (χ1v) is 13.7. The highest BCUT2D eigenvalue weighted by molar-refractivity contribution is 8.18. The summed E-state index contributed by atoms with van der Waals surface area (Å²) in [6.07, 6.45) is 3.59. The van der Waals surface area contributed by atoms with E-state index in [9.17, 15) is 26.4 Å². The Morgan fingerprint density at radius 3 is 2.12 bits per heavy atom. The molecule has 1 heterocycles. The quantitative estimate of drug-likeness (QED) is 0.392. The number of hydrogen-bond donors (Lipinski definition) is 1. The van der Waals surface area contributed by atoms with Gasteiger partial charge in [-0.3, -0.25) is 14.9 Å². The SMILES string of the molecule is CS(=O)(=O)Oc1ccc(CCOc2ccc(/C=C3\SC(=O)NC3=O)cc2)c(OS(C)(=O)=O)c1. The van der Waals surface area contributed by atoms with E-state index >= 15 is 0 Å². The van der Waals surface area contributed by atoms with Crippen LogP contribution in [0.3, 0.4) is 0 Å². The smallest absolute Gasteiger partial charge is 0.306 e. The molecule has 13 heteroatoms. The maximum absolute atomic E-state index is 11.6. The van der Waals surface area contributed by atoms with Crippen LogP contribution in [0, 0.1) is 0 Å². The van der Waals surface area contributed by atoms with Crippen molar-refractivity contribution in [3.63, 3.8) is 0 Å². The minimum Gasteiger partial charge on any atom is -0.493 e. The first kappa shape index (κ1) is 24.6. The van der Waals surface area contributed by atoms with Gasteiger partial charge in [-0.15, -0.1) is 0 Å². The first-order valence-electron chi connectivity index (χ1n) is 9.27. The largest absolute Gasteiger partial charge is 0.493 e. The van der Waals surface area contributed by atoms with Gasteiger partial charge < -0.3 is 13.1 Å². The Bertz CT molecular complexity index is 1320. The summed E-state index contributed by atoms with van der Waals surface area (Å²) >= 11 is 0.826. The number of benzene rings is 2. The number of rotatable bonds is 9. The molecule has 3 rings (SSSR count). The van der Waals surface area contributed by atoms with Gasteiger partial charge in [-0.2, -0.15) is 16.8 Å². The van der Waals surface area contributed by atoms with E-state index < -0.39 is 31.4 Å². The van der Waals surface area contributed by atoms with Crippen LogP contribution in [0.4, 0.5) is 4.79 Å². The van der Waals surface area contributed by atoms with Crippen molar-refractivity contribution in [3.05, 3.63) is 58.5 Å². The molecule has 0 unspecified atom stereocenters. The molecule has 0 atom stereocenters. The van der Waals surface area contributed by atoms with Crippen molar-refractivity contribution in [1.82, 2.24) is 5.32 Å². The Morgan fingerprint density at radius 1 is 0.909 bits per heavy atom. The summed E-state index contributed by atoms with van der Waals surface area (Å²) < 4.78 is 61.2. The van der Waals surface area contributed by atoms with E-state index in [0.29, 0.717) is 21.8 Å². The van der Waals surface area contributed by atoms with Gasteiger partial charge >= 0.3 is 20.2 Å². The van der Waals surface area contributed by atoms with Gasteiger partial charge in [0.2, 0.25) is 0 Å². The third kappa shape index (κ3) is 7.80. The van der Waals surface area contributed by atoms with Gasteiger partial charge in [0.05, 0.1) is 24.0 Å². The fraction of sp³-hybridized carbons (Fsp3) is 0.200. The third-order valence-electron chi connectivity index (χ3n) is 3.99. The zero-order valence-electron chi connectivity index (χ0n) is 17.4. The molecule has 1 fully saturated rings. The lowest BCUT2D eigenvalue weighted by atomic mass is 10.1. The second-order valence-electron chi connectivity index (χ2n) is 6.86. The van der Waals surface area contributed by atoms with Gasteiger partial charge in [-0.25, -0.2) is 0 Å². The van der Waals surface area contributed by atoms with Crippen LogP contribution in [0.25, 0.3) is 6.08 Å². The molecule has 176 valence electrons. The Morgan fingerprint density at radius 2 is 1.55 bits per heavy atom. The molecule has 10 nitrogen and oxygen atoms in total. The Labute approximate surface area is 195 Å². The number of imide groups is 1. The van der Waals surface area contributed by atoms with Crippen LogP contribution < -0.4 is 18.4 Å². The van der Waals surface area contributed by atoms with E-state index in [1.165, 1.54) is 18.2 Å². The van der Waals surface area contributed by atoms with Crippen LogP contribution in [-0.4, -0.2) is 47.1 Å². The van der Waals surface area contributed by atoms with Crippen molar-refractivity contribution in [3.8, 4) is 17.2 Å². The van der Waals surface area contributed by atoms with E-state index in [1.807, 2.05) is 0 Å². The molecule has 2 amide bonds. The summed E-state index contributed by atoms with van der Waals surface area (Å²) in [7, 11) is -7.66. The molecule has 0 aliphatic carbocycles. The zero-order chi connectivity index (χ0) is 24.2. The van der Waals surface area contributed by atoms with Crippen LogP contribution in [0.2, 0.25) is 0 Å². The number of amides is 2. The Hall–Kier alpha value is -3.03. The number of carbonyl (C=O) groups is 2. The Balaban J connectivity index is 1.66. The Kier molecular flexibility index (Phi) is 7.34. The molecule has 0 aromatic heterocycles. The minimum absolute atomic E-state index is 0.0638. The van der Waals surface area contributed by atoms with Crippen molar-refractivity contribution in [2.45, 2.75) is 6.42 Å². The average molecular weight is 514 g/mol. The predicted octanol–water partition coefficient (Wildman–Crippen LogP) is 2.31. The minimum atomic E-state index is -3.86. The molecular formula is C20H19NO9S3. The van der Waals surface area contributed by atoms with Crippen LogP contribution in [0.15, 0.2) is 47.4 Å². The summed E-state index contributed by atoms with van der Waals surface area (Å²) in [5.74, 6) is -0.0581. The lowest BCUT2D eigenvalue weighted by Crippen LogP contribution is -2.17. The van der Waals surface area contributed by atoms with Crippen LogP contribution in [0.5, 0.6) is 17.2 Å². The number of hydrogen-bond acceptors (Lipinski definition) is 10. The standard InChI is InChI=1S/C20H19NO9S3/c1-32(24,25)29-16-8-5-14(17(12-16)30-33(2,26)27)9-10-28-15-6-3-13(4-7-15)11-18-19(22)21-20(23)31-18/h3-8,11-12H,9-10H2,1-2H3,(H,21,22,23)/b18-11-. The van der Waals surface area contributed by atoms with Crippen LogP contribution >= 0.6 is 11.8 Å². The number of nitrogens with one attached hydrogen (secondary N) is 1. The second-order valence-corrected chi connectivity index (χ2v) is 11.0. The van der Waals surface area contributed by atoms with Gasteiger partial charge in [-0.1, -0.05) is 18.2 Å². The molecule has 0 radical (unpaired) electrons. The monoisotopic (exact) mass is 513 g/mol. The molecule has 2 aromatic carbocycles. The van der Waals surface area contributed by atoms with Gasteiger partial charge in [0.15, 0.2) is 0 Å². The second kappa shape index (κ2) is 9.85. The van der Waals surface area contributed by atoms with Crippen molar-refractivity contribution in [2.24, 2.45) is 0 Å². The highest BCUT2D eigenvalue weighted by Gasteiger charge is 2.24. The topological polar surface area (TPSA) is 142 Å². The summed E-state index contributed by atoms with van der Waals surface area (Å²) in [5, 5.41) is 1.77. The van der Waals surface area contributed by atoms with Gasteiger partial charge in [0, 0.05) is 12.5 Å². The normalized spacial score (nSPS) is 15.4. The van der Waals surface area contributed by atoms with Crippen molar-refractivity contribution in [2.75, 3.05) is 19.1 Å². The van der Waals surface area contributed by atoms with E-state index in [4.69, 9.17) is 13.1 Å². The van der Waals surface area contributed by atoms with Crippen molar-refractivity contribution in [1.29, 1.82) is 0 Å². The molecule has 2 aromatic rings. The molecule has 1 aliphatic heterocycles. The van der Waals surface area contributed by atoms with Crippen LogP contribution in [0.1, 0.15) is 11.1 Å². The average Bonchev–Trinajstić information content (AvgIpc) is 2.99. The number of carbonyl (C=O) groups excluding carboxylic acids is 2. The summed E-state index contributed by atoms with van der Waals surface area (Å²) in [5.41, 5.74) is 1.18. The molecule has 0 spiro atoms. The molecule has 0 bridgehead atoms. The number of ether oxygens (including phenoxy) is 1. The molecular weight excluding hydrogens is 494 g/mol. The van der Waals surface area contributed by atoms with Gasteiger partial charge in [0.1, 0.15) is 17.2 Å². The molecule has 0 saturated carbocycles. The van der Waals surface area contributed by atoms with E-state index in [2.05, 4.69) is 5.32 Å². The summed E-state index contributed by atoms with van der Waals surface area (Å²) in [4.78, 5) is 23.1. The fourth-order valence-corrected chi connectivity index (χ4v) is 4.34. The molecule has 33 heavy (non-hydrogen) atoms. The summed E-state index contributed by atoms with van der Waals surface area (Å²) in [6, 6.07) is 10.9. The molecule has 1 aliphatic rings. The maximum atomic E-state index is 11.6.